The van der Waals surface area contributed by atoms with E-state index in [0.717, 1.165) is 10.5 Å². The van der Waals surface area contributed by atoms with E-state index in [4.69, 9.17) is 20.8 Å². The van der Waals surface area contributed by atoms with Crippen LogP contribution in [0.3, 0.4) is 0 Å². The van der Waals surface area contributed by atoms with Crippen LogP contribution < -0.4 is 10.2 Å². The molecular formula is C27H23ClN2O6. The number of furan rings is 1. The third-order valence-corrected chi connectivity index (χ3v) is 5.87. The van der Waals surface area contributed by atoms with Gasteiger partial charge in [-0.1, -0.05) is 43.6 Å². The van der Waals surface area contributed by atoms with Gasteiger partial charge in [0, 0.05) is 5.56 Å². The maximum atomic E-state index is 13.2. The number of nitrogens with zero attached hydrogens (tertiary/aromatic N) is 1. The lowest BCUT2D eigenvalue weighted by atomic mass is 10.1. The number of aryl methyl sites for hydroxylation is 1. The quantitative estimate of drug-likeness (QED) is 0.261. The number of nitrogens with one attached hydrogen (secondary N) is 1. The standard InChI is InChI=1S/C27H23ClN2O6/c1-3-13-35-26(33)19-14-17(9-11-21(19)28)23-12-10-18(36-23)15-20-24(31)29-27(34)30(25(20)32)22-8-6-5-7-16(22)4-2/h5-12,14-15H,3-4,13H2,1-2H3,(H,29,31,34)/b20-15+. The first-order valence-corrected chi connectivity index (χ1v) is 11.8. The normalized spacial score (nSPS) is 14.8. The SMILES string of the molecule is CCCOC(=O)c1cc(-c2ccc(/C=C3\C(=O)NC(=O)N(c4ccccc4CC)C3=O)o2)ccc1Cl. The highest BCUT2D eigenvalue weighted by molar-refractivity contribution is 6.39. The van der Waals surface area contributed by atoms with Crippen LogP contribution in [0.1, 0.15) is 41.9 Å². The zero-order valence-corrected chi connectivity index (χ0v) is 20.4. The minimum Gasteiger partial charge on any atom is -0.462 e. The van der Waals surface area contributed by atoms with E-state index in [1.165, 1.54) is 6.08 Å². The number of barbiturate groups is 1. The summed E-state index contributed by atoms with van der Waals surface area (Å²) in [6, 6.07) is 14.2. The van der Waals surface area contributed by atoms with Crippen LogP contribution >= 0.6 is 11.6 Å². The molecule has 2 heterocycles. The highest BCUT2D eigenvalue weighted by Gasteiger charge is 2.37. The summed E-state index contributed by atoms with van der Waals surface area (Å²) in [6.07, 6.45) is 2.55. The fourth-order valence-electron chi connectivity index (χ4n) is 3.74. The number of carbonyl (C=O) groups is 4. The largest absolute Gasteiger partial charge is 0.462 e. The number of amides is 4. The Morgan fingerprint density at radius 1 is 1.08 bits per heavy atom. The molecule has 184 valence electrons. The third kappa shape index (κ3) is 4.94. The van der Waals surface area contributed by atoms with Crippen molar-refractivity contribution in [1.82, 2.24) is 5.32 Å². The second kappa shape index (κ2) is 10.6. The summed E-state index contributed by atoms with van der Waals surface area (Å²) in [5.74, 6) is -1.52. The monoisotopic (exact) mass is 506 g/mol. The summed E-state index contributed by atoms with van der Waals surface area (Å²) in [4.78, 5) is 51.5. The number of imide groups is 2. The highest BCUT2D eigenvalue weighted by Crippen LogP contribution is 2.30. The molecule has 8 nitrogen and oxygen atoms in total. The topological polar surface area (TPSA) is 106 Å². The Morgan fingerprint density at radius 2 is 1.86 bits per heavy atom. The van der Waals surface area contributed by atoms with Crippen molar-refractivity contribution in [1.29, 1.82) is 0 Å². The van der Waals surface area contributed by atoms with Crippen LogP contribution in [0.15, 0.2) is 64.6 Å². The predicted molar refractivity (Wildman–Crippen MR) is 135 cm³/mol. The molecule has 2 aromatic carbocycles. The number of hydrogen-bond acceptors (Lipinski definition) is 6. The van der Waals surface area contributed by atoms with Crippen molar-refractivity contribution in [2.75, 3.05) is 11.5 Å². The first-order chi connectivity index (χ1) is 17.3. The van der Waals surface area contributed by atoms with Crippen LogP contribution in [-0.4, -0.2) is 30.4 Å². The highest BCUT2D eigenvalue weighted by atomic mass is 35.5. The Balaban J connectivity index is 1.65. The molecule has 1 saturated heterocycles. The van der Waals surface area contributed by atoms with E-state index in [2.05, 4.69) is 5.32 Å². The minimum absolute atomic E-state index is 0.199. The van der Waals surface area contributed by atoms with Gasteiger partial charge in [0.2, 0.25) is 0 Å². The zero-order valence-electron chi connectivity index (χ0n) is 19.7. The fraction of sp³-hybridized carbons (Fsp3) is 0.185. The summed E-state index contributed by atoms with van der Waals surface area (Å²) in [6.45, 7) is 4.07. The van der Waals surface area contributed by atoms with Crippen molar-refractivity contribution in [2.45, 2.75) is 26.7 Å². The third-order valence-electron chi connectivity index (χ3n) is 5.54. The van der Waals surface area contributed by atoms with E-state index in [9.17, 15) is 19.2 Å². The average Bonchev–Trinajstić information content (AvgIpc) is 3.34. The number of benzene rings is 2. The first-order valence-electron chi connectivity index (χ1n) is 11.4. The van der Waals surface area contributed by atoms with E-state index < -0.39 is 23.8 Å². The van der Waals surface area contributed by atoms with E-state index >= 15 is 0 Å². The number of ether oxygens (including phenoxy) is 1. The average molecular weight is 507 g/mol. The van der Waals surface area contributed by atoms with Gasteiger partial charge in [-0.2, -0.15) is 0 Å². The molecule has 0 atom stereocenters. The van der Waals surface area contributed by atoms with E-state index in [1.807, 2.05) is 26.0 Å². The Bertz CT molecular complexity index is 1390. The number of hydrogen-bond donors (Lipinski definition) is 1. The second-order valence-corrected chi connectivity index (χ2v) is 8.38. The Morgan fingerprint density at radius 3 is 2.61 bits per heavy atom. The van der Waals surface area contributed by atoms with Crippen molar-refractivity contribution in [3.63, 3.8) is 0 Å². The predicted octanol–water partition coefficient (Wildman–Crippen LogP) is 5.40. The van der Waals surface area contributed by atoms with Crippen LogP contribution in [0.4, 0.5) is 10.5 Å². The zero-order chi connectivity index (χ0) is 25.8. The summed E-state index contributed by atoms with van der Waals surface area (Å²) in [5.41, 5.74) is 1.70. The van der Waals surface area contributed by atoms with E-state index in [0.29, 0.717) is 29.9 Å². The van der Waals surface area contributed by atoms with Gasteiger partial charge >= 0.3 is 12.0 Å². The minimum atomic E-state index is -0.819. The van der Waals surface area contributed by atoms with Crippen LogP contribution in [0.25, 0.3) is 17.4 Å². The molecule has 3 aromatic rings. The van der Waals surface area contributed by atoms with Crippen molar-refractivity contribution < 1.29 is 28.3 Å². The Hall–Kier alpha value is -4.17. The smallest absolute Gasteiger partial charge is 0.339 e. The van der Waals surface area contributed by atoms with Crippen LogP contribution in [-0.2, 0) is 20.7 Å². The molecule has 9 heteroatoms. The molecule has 0 radical (unpaired) electrons. The number of anilines is 1. The van der Waals surface area contributed by atoms with Crippen molar-refractivity contribution in [3.8, 4) is 11.3 Å². The number of rotatable bonds is 7. The molecule has 1 aromatic heterocycles. The van der Waals surface area contributed by atoms with Gasteiger partial charge < -0.3 is 9.15 Å². The van der Waals surface area contributed by atoms with Gasteiger partial charge in [-0.25, -0.2) is 14.5 Å². The van der Waals surface area contributed by atoms with Crippen LogP contribution in [0, 0.1) is 0 Å². The summed E-state index contributed by atoms with van der Waals surface area (Å²) < 4.78 is 11.0. The molecule has 1 aliphatic heterocycles. The number of esters is 1. The number of carbonyl (C=O) groups excluding carboxylic acids is 4. The Labute approximate surface area is 212 Å². The molecule has 0 spiro atoms. The first kappa shape index (κ1) is 24.9. The molecule has 1 fully saturated rings. The Kier molecular flexibility index (Phi) is 7.36. The molecule has 4 amide bonds. The molecular weight excluding hydrogens is 484 g/mol. The van der Waals surface area contributed by atoms with Gasteiger partial charge in [0.25, 0.3) is 11.8 Å². The molecule has 36 heavy (non-hydrogen) atoms. The molecule has 4 rings (SSSR count). The molecule has 0 saturated carbocycles. The molecule has 0 aliphatic carbocycles. The second-order valence-electron chi connectivity index (χ2n) is 7.97. The van der Waals surface area contributed by atoms with Crippen molar-refractivity contribution in [3.05, 3.63) is 82.1 Å². The van der Waals surface area contributed by atoms with E-state index in [-0.39, 0.29) is 28.5 Å². The van der Waals surface area contributed by atoms with Crippen molar-refractivity contribution >= 4 is 47.2 Å². The summed E-state index contributed by atoms with van der Waals surface area (Å²) in [5, 5.41) is 2.46. The molecule has 1 aliphatic rings. The van der Waals surface area contributed by atoms with Gasteiger partial charge in [-0.15, -0.1) is 0 Å². The van der Waals surface area contributed by atoms with Crippen LogP contribution in [0.5, 0.6) is 0 Å². The lowest BCUT2D eigenvalue weighted by Gasteiger charge is -2.27. The number of para-hydroxylation sites is 1. The maximum absolute atomic E-state index is 13.2. The van der Waals surface area contributed by atoms with Gasteiger partial charge in [0.15, 0.2) is 0 Å². The lowest BCUT2D eigenvalue weighted by Crippen LogP contribution is -2.54. The van der Waals surface area contributed by atoms with Crippen molar-refractivity contribution in [2.24, 2.45) is 0 Å². The lowest BCUT2D eigenvalue weighted by molar-refractivity contribution is -0.122. The molecule has 0 unspecified atom stereocenters. The fourth-order valence-corrected chi connectivity index (χ4v) is 3.93. The maximum Gasteiger partial charge on any atom is 0.339 e. The van der Waals surface area contributed by atoms with E-state index in [1.54, 1.807) is 42.5 Å². The summed E-state index contributed by atoms with van der Waals surface area (Å²) in [7, 11) is 0. The van der Waals surface area contributed by atoms with Gasteiger partial charge in [-0.3, -0.25) is 14.9 Å². The van der Waals surface area contributed by atoms with Gasteiger partial charge in [0.1, 0.15) is 17.1 Å². The number of halogens is 1. The summed E-state index contributed by atoms with van der Waals surface area (Å²) >= 11 is 6.17. The molecule has 0 bridgehead atoms. The molecule has 1 N–H and O–H groups in total. The van der Waals surface area contributed by atoms with Crippen LogP contribution in [0.2, 0.25) is 5.02 Å². The van der Waals surface area contributed by atoms with Gasteiger partial charge in [0.05, 0.1) is 22.9 Å². The van der Waals surface area contributed by atoms with Gasteiger partial charge in [-0.05, 0) is 60.9 Å². The number of urea groups is 1.